The van der Waals surface area contributed by atoms with Crippen LogP contribution in [-0.4, -0.2) is 44.7 Å². The van der Waals surface area contributed by atoms with E-state index in [1.54, 1.807) is 18.6 Å². The highest BCUT2D eigenvalue weighted by molar-refractivity contribution is 5.42. The van der Waals surface area contributed by atoms with Crippen LogP contribution in [0.1, 0.15) is 48.7 Å². The number of hydrogen-bond acceptors (Lipinski definition) is 5. The van der Waals surface area contributed by atoms with Gasteiger partial charge in [-0.25, -0.2) is 9.37 Å². The van der Waals surface area contributed by atoms with Gasteiger partial charge in [-0.1, -0.05) is 25.5 Å². The highest BCUT2D eigenvalue weighted by Crippen LogP contribution is 2.35. The van der Waals surface area contributed by atoms with Crippen LogP contribution in [0.3, 0.4) is 0 Å². The first kappa shape index (κ1) is 19.5. The number of anilines is 1. The molecule has 1 saturated heterocycles. The van der Waals surface area contributed by atoms with Crippen molar-refractivity contribution in [3.05, 3.63) is 71.7 Å². The second-order valence-electron chi connectivity index (χ2n) is 7.57. The molecule has 3 heterocycles. The van der Waals surface area contributed by atoms with Crippen molar-refractivity contribution >= 4 is 5.82 Å². The highest BCUT2D eigenvalue weighted by atomic mass is 19.1. The van der Waals surface area contributed by atoms with Crippen LogP contribution >= 0.6 is 0 Å². The smallest absolute Gasteiger partial charge is 0.147 e. The topological polar surface area (TPSA) is 60.9 Å². The fourth-order valence-electron chi connectivity index (χ4n) is 4.28. The van der Waals surface area contributed by atoms with Gasteiger partial charge in [0.1, 0.15) is 11.6 Å². The van der Waals surface area contributed by atoms with E-state index in [2.05, 4.69) is 43.8 Å². The number of rotatable bonds is 6. The third-order valence-electron chi connectivity index (χ3n) is 5.74. The van der Waals surface area contributed by atoms with Gasteiger partial charge in [-0.15, -0.1) is 0 Å². The average Bonchev–Trinajstić information content (AvgIpc) is 3.18. The minimum absolute atomic E-state index is 0.0765. The summed E-state index contributed by atoms with van der Waals surface area (Å²) in [4.78, 5) is 13.6. The zero-order valence-electron chi connectivity index (χ0n) is 16.9. The standard InChI is InChI=1S/C22H27FN6/c1-3-4-20(19-13-26-27-16(19)2)28-11-12-29(22-14-24-9-10-25-22)21(15-28)17-5-7-18(23)8-6-17/h5-10,13-14,20-21H,3-4,11-12,15H2,1-2H3,(H,26,27). The zero-order valence-corrected chi connectivity index (χ0v) is 16.9. The molecule has 0 radical (unpaired) electrons. The Kier molecular flexibility index (Phi) is 5.85. The SMILES string of the molecule is CCCC(c1cn[nH]c1C)N1CCN(c2cnccn2)C(c2ccc(F)cc2)C1. The van der Waals surface area contributed by atoms with Gasteiger partial charge in [0.25, 0.3) is 0 Å². The van der Waals surface area contributed by atoms with Crippen molar-refractivity contribution < 1.29 is 4.39 Å². The van der Waals surface area contributed by atoms with Crippen LogP contribution in [0.2, 0.25) is 0 Å². The summed E-state index contributed by atoms with van der Waals surface area (Å²) < 4.78 is 13.6. The molecule has 0 bridgehead atoms. The van der Waals surface area contributed by atoms with E-state index in [9.17, 15) is 4.39 Å². The zero-order chi connectivity index (χ0) is 20.2. The van der Waals surface area contributed by atoms with Gasteiger partial charge in [0, 0.05) is 49.3 Å². The van der Waals surface area contributed by atoms with E-state index in [4.69, 9.17) is 0 Å². The molecular formula is C22H27FN6. The Bertz CT molecular complexity index is 911. The summed E-state index contributed by atoms with van der Waals surface area (Å²) in [6.07, 6.45) is 9.33. The van der Waals surface area contributed by atoms with Crippen molar-refractivity contribution in [2.75, 3.05) is 24.5 Å². The number of aromatic nitrogens is 4. The van der Waals surface area contributed by atoms with Gasteiger partial charge in [0.2, 0.25) is 0 Å². The quantitative estimate of drug-likeness (QED) is 0.683. The average molecular weight is 394 g/mol. The van der Waals surface area contributed by atoms with Crippen molar-refractivity contribution in [3.8, 4) is 0 Å². The predicted molar refractivity (Wildman–Crippen MR) is 111 cm³/mol. The van der Waals surface area contributed by atoms with Crippen LogP contribution in [0.4, 0.5) is 10.2 Å². The third-order valence-corrected chi connectivity index (χ3v) is 5.74. The molecule has 3 aromatic rings. The predicted octanol–water partition coefficient (Wildman–Crippen LogP) is 4.05. The summed E-state index contributed by atoms with van der Waals surface area (Å²) in [6, 6.07) is 7.22. The van der Waals surface area contributed by atoms with E-state index < -0.39 is 0 Å². The molecule has 152 valence electrons. The molecule has 6 nitrogen and oxygen atoms in total. The largest absolute Gasteiger partial charge is 0.346 e. The molecular weight excluding hydrogens is 367 g/mol. The lowest BCUT2D eigenvalue weighted by molar-refractivity contribution is 0.151. The summed E-state index contributed by atoms with van der Waals surface area (Å²) in [5.74, 6) is 0.637. The van der Waals surface area contributed by atoms with Crippen LogP contribution in [0.5, 0.6) is 0 Å². The molecule has 1 aliphatic rings. The molecule has 1 N–H and O–H groups in total. The summed E-state index contributed by atoms with van der Waals surface area (Å²) in [6.45, 7) is 6.88. The number of H-pyrrole nitrogens is 1. The maximum Gasteiger partial charge on any atom is 0.147 e. The number of aryl methyl sites for hydroxylation is 1. The summed E-state index contributed by atoms with van der Waals surface area (Å²) >= 11 is 0. The van der Waals surface area contributed by atoms with E-state index in [1.807, 2.05) is 18.3 Å². The monoisotopic (exact) mass is 394 g/mol. The minimum Gasteiger partial charge on any atom is -0.346 e. The van der Waals surface area contributed by atoms with Gasteiger partial charge in [-0.2, -0.15) is 5.10 Å². The van der Waals surface area contributed by atoms with E-state index in [1.165, 1.54) is 17.7 Å². The van der Waals surface area contributed by atoms with Crippen molar-refractivity contribution in [2.24, 2.45) is 0 Å². The first-order valence-corrected chi connectivity index (χ1v) is 10.2. The second kappa shape index (κ2) is 8.69. The lowest BCUT2D eigenvalue weighted by atomic mass is 9.96. The Morgan fingerprint density at radius 1 is 1.17 bits per heavy atom. The van der Waals surface area contributed by atoms with E-state index in [-0.39, 0.29) is 11.9 Å². The van der Waals surface area contributed by atoms with Gasteiger partial charge < -0.3 is 4.90 Å². The molecule has 1 aromatic carbocycles. The van der Waals surface area contributed by atoms with E-state index >= 15 is 0 Å². The molecule has 0 aliphatic carbocycles. The third kappa shape index (κ3) is 4.15. The fraction of sp³-hybridized carbons (Fsp3) is 0.409. The molecule has 0 amide bonds. The number of benzene rings is 1. The summed E-state index contributed by atoms with van der Waals surface area (Å²) in [5, 5.41) is 7.33. The number of piperazine rings is 1. The van der Waals surface area contributed by atoms with Gasteiger partial charge in [0.05, 0.1) is 18.4 Å². The Morgan fingerprint density at radius 3 is 2.66 bits per heavy atom. The van der Waals surface area contributed by atoms with Crippen LogP contribution in [0, 0.1) is 12.7 Å². The van der Waals surface area contributed by atoms with Crippen LogP contribution < -0.4 is 4.90 Å². The Hall–Kier alpha value is -2.80. The molecule has 1 aliphatic heterocycles. The second-order valence-corrected chi connectivity index (χ2v) is 7.57. The fourth-order valence-corrected chi connectivity index (χ4v) is 4.28. The van der Waals surface area contributed by atoms with Crippen LogP contribution in [0.25, 0.3) is 0 Å². The number of nitrogens with zero attached hydrogens (tertiary/aromatic N) is 5. The Labute approximate surface area is 170 Å². The normalized spacial score (nSPS) is 18.7. The van der Waals surface area contributed by atoms with Crippen molar-refractivity contribution in [1.82, 2.24) is 25.1 Å². The molecule has 4 rings (SSSR count). The van der Waals surface area contributed by atoms with Crippen LogP contribution in [0.15, 0.2) is 49.1 Å². The number of nitrogens with one attached hydrogen (secondary N) is 1. The van der Waals surface area contributed by atoms with Gasteiger partial charge >= 0.3 is 0 Å². The number of halogens is 1. The van der Waals surface area contributed by atoms with Gasteiger partial charge in [-0.3, -0.25) is 15.0 Å². The lowest BCUT2D eigenvalue weighted by Gasteiger charge is -2.45. The molecule has 2 atom stereocenters. The lowest BCUT2D eigenvalue weighted by Crippen LogP contribution is -2.50. The molecule has 1 fully saturated rings. The van der Waals surface area contributed by atoms with Crippen molar-refractivity contribution in [1.29, 1.82) is 0 Å². The number of aromatic amines is 1. The van der Waals surface area contributed by atoms with E-state index in [0.717, 1.165) is 49.6 Å². The highest BCUT2D eigenvalue weighted by Gasteiger charge is 2.33. The minimum atomic E-state index is -0.217. The Balaban J connectivity index is 1.66. The molecule has 0 spiro atoms. The summed E-state index contributed by atoms with van der Waals surface area (Å²) in [7, 11) is 0. The maximum absolute atomic E-state index is 13.6. The number of hydrogen-bond donors (Lipinski definition) is 1. The Morgan fingerprint density at radius 2 is 2.00 bits per heavy atom. The van der Waals surface area contributed by atoms with Crippen molar-refractivity contribution in [2.45, 2.75) is 38.8 Å². The van der Waals surface area contributed by atoms with E-state index in [0.29, 0.717) is 6.04 Å². The maximum atomic E-state index is 13.6. The van der Waals surface area contributed by atoms with Crippen LogP contribution in [-0.2, 0) is 0 Å². The molecule has 2 unspecified atom stereocenters. The molecule has 0 saturated carbocycles. The summed E-state index contributed by atoms with van der Waals surface area (Å²) in [5.41, 5.74) is 3.47. The molecule has 29 heavy (non-hydrogen) atoms. The first-order chi connectivity index (χ1) is 14.2. The van der Waals surface area contributed by atoms with Crippen molar-refractivity contribution in [3.63, 3.8) is 0 Å². The van der Waals surface area contributed by atoms with Gasteiger partial charge in [0.15, 0.2) is 0 Å². The molecule has 7 heteroatoms. The first-order valence-electron chi connectivity index (χ1n) is 10.2. The molecule has 2 aromatic heterocycles. The van der Waals surface area contributed by atoms with Gasteiger partial charge in [-0.05, 0) is 31.0 Å².